The summed E-state index contributed by atoms with van der Waals surface area (Å²) >= 11 is 0. The summed E-state index contributed by atoms with van der Waals surface area (Å²) in [7, 11) is 0. The summed E-state index contributed by atoms with van der Waals surface area (Å²) < 4.78 is 0. The van der Waals surface area contributed by atoms with E-state index in [4.69, 9.17) is 5.73 Å². The molecule has 0 aromatic carbocycles. The largest absolute Gasteiger partial charge is 0.367 e. The van der Waals surface area contributed by atoms with Crippen LogP contribution in [0.25, 0.3) is 0 Å². The Morgan fingerprint density at radius 2 is 2.29 bits per heavy atom. The highest BCUT2D eigenvalue weighted by Gasteiger charge is 2.21. The highest BCUT2D eigenvalue weighted by atomic mass is 16.1. The molecule has 4 heteroatoms. The minimum atomic E-state index is -0.0516. The maximum absolute atomic E-state index is 11.6. The molecule has 1 unspecified atom stereocenters. The zero-order valence-electron chi connectivity index (χ0n) is 10.9. The van der Waals surface area contributed by atoms with E-state index >= 15 is 0 Å². The minimum Gasteiger partial charge on any atom is -0.367 e. The summed E-state index contributed by atoms with van der Waals surface area (Å²) in [5.74, 6) is 0.0749. The van der Waals surface area contributed by atoms with Gasteiger partial charge in [-0.2, -0.15) is 0 Å². The summed E-state index contributed by atoms with van der Waals surface area (Å²) in [6.45, 7) is 6.78. The lowest BCUT2D eigenvalue weighted by atomic mass is 9.86. The van der Waals surface area contributed by atoms with Gasteiger partial charge in [-0.15, -0.1) is 0 Å². The zero-order chi connectivity index (χ0) is 12.9. The molecule has 1 atom stereocenters. The van der Waals surface area contributed by atoms with Crippen LogP contribution in [0.15, 0.2) is 18.5 Å². The molecular formula is C13H23N3O. The number of H-pyrrole nitrogens is 1. The summed E-state index contributed by atoms with van der Waals surface area (Å²) in [5, 5.41) is 2.96. The molecule has 96 valence electrons. The highest BCUT2D eigenvalue weighted by molar-refractivity contribution is 5.76. The van der Waals surface area contributed by atoms with Gasteiger partial charge in [0.15, 0.2) is 0 Å². The second-order valence-corrected chi connectivity index (χ2v) is 5.28. The molecule has 0 aliphatic heterocycles. The van der Waals surface area contributed by atoms with Crippen LogP contribution in [0, 0.1) is 0 Å². The number of hydrogen-bond donors (Lipinski definition) is 3. The molecule has 0 spiro atoms. The molecule has 0 aliphatic carbocycles. The van der Waals surface area contributed by atoms with Crippen LogP contribution in [0.4, 0.5) is 0 Å². The number of aromatic nitrogens is 1. The van der Waals surface area contributed by atoms with Crippen molar-refractivity contribution in [2.24, 2.45) is 5.73 Å². The van der Waals surface area contributed by atoms with E-state index in [9.17, 15) is 4.79 Å². The molecule has 0 saturated heterocycles. The van der Waals surface area contributed by atoms with Gasteiger partial charge in [-0.25, -0.2) is 0 Å². The van der Waals surface area contributed by atoms with Crippen molar-refractivity contribution in [1.82, 2.24) is 10.3 Å². The van der Waals surface area contributed by atoms with Gasteiger partial charge in [0.25, 0.3) is 0 Å². The van der Waals surface area contributed by atoms with Crippen LogP contribution in [0.5, 0.6) is 0 Å². The average Bonchev–Trinajstić information content (AvgIpc) is 2.77. The quantitative estimate of drug-likeness (QED) is 0.702. The van der Waals surface area contributed by atoms with Crippen LogP contribution in [-0.2, 0) is 10.2 Å². The lowest BCUT2D eigenvalue weighted by Gasteiger charge is -2.24. The van der Waals surface area contributed by atoms with Crippen molar-refractivity contribution in [3.63, 3.8) is 0 Å². The number of nitrogens with two attached hydrogens (primary N) is 1. The first-order valence-corrected chi connectivity index (χ1v) is 6.07. The molecule has 0 fully saturated rings. The number of hydrogen-bond acceptors (Lipinski definition) is 2. The number of rotatable bonds is 6. The molecule has 4 nitrogen and oxygen atoms in total. The number of amides is 1. The third-order valence-electron chi connectivity index (χ3n) is 2.93. The molecule has 1 heterocycles. The second kappa shape index (κ2) is 5.87. The van der Waals surface area contributed by atoms with E-state index in [1.807, 2.05) is 25.4 Å². The molecule has 4 N–H and O–H groups in total. The maximum Gasteiger partial charge on any atom is 0.220 e. The van der Waals surface area contributed by atoms with Gasteiger partial charge in [-0.3, -0.25) is 4.79 Å². The Kier molecular flexibility index (Phi) is 4.75. The molecule has 0 saturated carbocycles. The first-order chi connectivity index (χ1) is 7.92. The minimum absolute atomic E-state index is 0.0516. The highest BCUT2D eigenvalue weighted by Crippen LogP contribution is 2.21. The van der Waals surface area contributed by atoms with E-state index in [1.54, 1.807) is 0 Å². The molecule has 1 rings (SSSR count). The summed E-state index contributed by atoms with van der Waals surface area (Å²) in [4.78, 5) is 14.6. The van der Waals surface area contributed by atoms with Crippen molar-refractivity contribution in [1.29, 1.82) is 0 Å². The Morgan fingerprint density at radius 3 is 2.82 bits per heavy atom. The fourth-order valence-electron chi connectivity index (χ4n) is 1.61. The molecule has 0 radical (unpaired) electrons. The van der Waals surface area contributed by atoms with Crippen molar-refractivity contribution in [3.05, 3.63) is 24.0 Å². The smallest absolute Gasteiger partial charge is 0.220 e. The van der Waals surface area contributed by atoms with Gasteiger partial charge in [0, 0.05) is 36.8 Å². The van der Waals surface area contributed by atoms with Crippen LogP contribution in [0.2, 0.25) is 0 Å². The fourth-order valence-corrected chi connectivity index (χ4v) is 1.61. The number of carbonyl (C=O) groups is 1. The molecule has 1 aromatic heterocycles. The lowest BCUT2D eigenvalue weighted by molar-refractivity contribution is -0.121. The Hall–Kier alpha value is -1.29. The standard InChI is InChI=1S/C13H23N3O/c1-10(14)4-5-12(17)16-9-13(2,3)11-6-7-15-8-11/h6-8,10,15H,4-5,9,14H2,1-3H3,(H,16,17). The Bertz CT molecular complexity index is 342. The lowest BCUT2D eigenvalue weighted by Crippen LogP contribution is -2.36. The second-order valence-electron chi connectivity index (χ2n) is 5.28. The zero-order valence-corrected chi connectivity index (χ0v) is 10.9. The van der Waals surface area contributed by atoms with Crippen LogP contribution in [-0.4, -0.2) is 23.5 Å². The third-order valence-corrected chi connectivity index (χ3v) is 2.93. The Labute approximate surface area is 103 Å². The van der Waals surface area contributed by atoms with Crippen LogP contribution in [0.1, 0.15) is 39.2 Å². The molecule has 0 bridgehead atoms. The van der Waals surface area contributed by atoms with Gasteiger partial charge in [0.1, 0.15) is 0 Å². The van der Waals surface area contributed by atoms with E-state index in [0.29, 0.717) is 13.0 Å². The predicted octanol–water partition coefficient (Wildman–Crippen LogP) is 1.54. The molecule has 17 heavy (non-hydrogen) atoms. The molecule has 1 amide bonds. The predicted molar refractivity (Wildman–Crippen MR) is 69.7 cm³/mol. The fraction of sp³-hybridized carbons (Fsp3) is 0.615. The summed E-state index contributed by atoms with van der Waals surface area (Å²) in [5.41, 5.74) is 6.76. The van der Waals surface area contributed by atoms with Gasteiger partial charge in [-0.05, 0) is 25.0 Å². The van der Waals surface area contributed by atoms with Crippen LogP contribution < -0.4 is 11.1 Å². The van der Waals surface area contributed by atoms with Gasteiger partial charge in [-0.1, -0.05) is 13.8 Å². The molecule has 0 aliphatic rings. The Balaban J connectivity index is 2.37. The van der Waals surface area contributed by atoms with Crippen LogP contribution in [0.3, 0.4) is 0 Å². The van der Waals surface area contributed by atoms with E-state index in [1.165, 1.54) is 5.56 Å². The Morgan fingerprint density at radius 1 is 1.59 bits per heavy atom. The topological polar surface area (TPSA) is 70.9 Å². The van der Waals surface area contributed by atoms with E-state index in [2.05, 4.69) is 24.1 Å². The first kappa shape index (κ1) is 13.8. The average molecular weight is 237 g/mol. The van der Waals surface area contributed by atoms with Gasteiger partial charge in [0.05, 0.1) is 0 Å². The van der Waals surface area contributed by atoms with Crippen molar-refractivity contribution in [3.8, 4) is 0 Å². The summed E-state index contributed by atoms with van der Waals surface area (Å²) in [6.07, 6.45) is 5.10. The van der Waals surface area contributed by atoms with Gasteiger partial charge >= 0.3 is 0 Å². The number of nitrogens with one attached hydrogen (secondary N) is 2. The van der Waals surface area contributed by atoms with E-state index in [0.717, 1.165) is 6.42 Å². The van der Waals surface area contributed by atoms with Crippen molar-refractivity contribution < 1.29 is 4.79 Å². The SMILES string of the molecule is CC(N)CCC(=O)NCC(C)(C)c1cc[nH]c1. The molecular weight excluding hydrogens is 214 g/mol. The first-order valence-electron chi connectivity index (χ1n) is 6.07. The van der Waals surface area contributed by atoms with E-state index < -0.39 is 0 Å². The normalized spacial score (nSPS) is 13.4. The van der Waals surface area contributed by atoms with Crippen molar-refractivity contribution >= 4 is 5.91 Å². The van der Waals surface area contributed by atoms with Gasteiger partial charge in [0.2, 0.25) is 5.91 Å². The monoisotopic (exact) mass is 237 g/mol. The van der Waals surface area contributed by atoms with Crippen molar-refractivity contribution in [2.75, 3.05) is 6.54 Å². The van der Waals surface area contributed by atoms with Crippen LogP contribution >= 0.6 is 0 Å². The number of carbonyl (C=O) groups excluding carboxylic acids is 1. The number of aromatic amines is 1. The van der Waals surface area contributed by atoms with Gasteiger partial charge < -0.3 is 16.0 Å². The molecule has 1 aromatic rings. The summed E-state index contributed by atoms with van der Waals surface area (Å²) in [6, 6.07) is 2.12. The van der Waals surface area contributed by atoms with Crippen molar-refractivity contribution in [2.45, 2.75) is 45.1 Å². The van der Waals surface area contributed by atoms with E-state index in [-0.39, 0.29) is 17.4 Å². The maximum atomic E-state index is 11.6. The third kappa shape index (κ3) is 4.61.